The van der Waals surface area contributed by atoms with E-state index in [9.17, 15) is 31.2 Å². The van der Waals surface area contributed by atoms with Crippen LogP contribution in [0, 0.1) is 0 Å². The zero-order valence-electron chi connectivity index (χ0n) is 13.9. The van der Waals surface area contributed by atoms with E-state index in [4.69, 9.17) is 4.74 Å². The van der Waals surface area contributed by atoms with Gasteiger partial charge in [0.05, 0.1) is 16.0 Å². The van der Waals surface area contributed by atoms with Crippen molar-refractivity contribution in [2.45, 2.75) is 11.1 Å². The van der Waals surface area contributed by atoms with Crippen LogP contribution >= 0.6 is 0 Å². The average molecular weight is 401 g/mol. The lowest BCUT2D eigenvalue weighted by Crippen LogP contribution is -2.21. The van der Waals surface area contributed by atoms with Gasteiger partial charge in [0.1, 0.15) is 0 Å². The molecule has 0 unspecified atom stereocenters. The number of alkyl halides is 3. The van der Waals surface area contributed by atoms with E-state index in [0.29, 0.717) is 0 Å². The van der Waals surface area contributed by atoms with Crippen LogP contribution in [0.3, 0.4) is 0 Å². The minimum Gasteiger partial charge on any atom is -0.452 e. The van der Waals surface area contributed by atoms with E-state index in [0.717, 1.165) is 24.5 Å². The third-order valence-electron chi connectivity index (χ3n) is 3.33. The minimum absolute atomic E-state index is 0.0151. The van der Waals surface area contributed by atoms with Crippen LogP contribution in [-0.2, 0) is 25.5 Å². The number of amides is 1. The van der Waals surface area contributed by atoms with Gasteiger partial charge < -0.3 is 10.1 Å². The van der Waals surface area contributed by atoms with E-state index in [1.807, 2.05) is 0 Å². The van der Waals surface area contributed by atoms with Crippen molar-refractivity contribution in [1.29, 1.82) is 0 Å². The van der Waals surface area contributed by atoms with Crippen molar-refractivity contribution >= 4 is 27.4 Å². The second-order valence-corrected chi connectivity index (χ2v) is 7.52. The summed E-state index contributed by atoms with van der Waals surface area (Å²) >= 11 is 0. The van der Waals surface area contributed by atoms with Crippen molar-refractivity contribution in [1.82, 2.24) is 0 Å². The van der Waals surface area contributed by atoms with Crippen molar-refractivity contribution in [3.8, 4) is 0 Å². The maximum absolute atomic E-state index is 12.6. The fraction of sp³-hybridized carbons (Fsp3) is 0.176. The number of rotatable bonds is 5. The van der Waals surface area contributed by atoms with Gasteiger partial charge in [-0.15, -0.1) is 0 Å². The molecule has 0 radical (unpaired) electrons. The molecule has 0 aromatic heterocycles. The highest BCUT2D eigenvalue weighted by Gasteiger charge is 2.30. The van der Waals surface area contributed by atoms with E-state index in [-0.39, 0.29) is 16.1 Å². The van der Waals surface area contributed by atoms with Crippen LogP contribution in [0.1, 0.15) is 15.9 Å². The molecule has 0 saturated carbocycles. The molecule has 0 atom stereocenters. The number of carbonyl (C=O) groups excluding carboxylic acids is 2. The zero-order valence-corrected chi connectivity index (χ0v) is 14.7. The Morgan fingerprint density at radius 1 is 1.07 bits per heavy atom. The molecule has 6 nitrogen and oxygen atoms in total. The molecule has 1 amide bonds. The van der Waals surface area contributed by atoms with Gasteiger partial charge in [-0.05, 0) is 42.5 Å². The van der Waals surface area contributed by atoms with Gasteiger partial charge in [-0.25, -0.2) is 13.2 Å². The number of esters is 1. The molecule has 2 aromatic rings. The molecule has 2 aromatic carbocycles. The van der Waals surface area contributed by atoms with Gasteiger partial charge in [-0.2, -0.15) is 13.2 Å². The molecular formula is C17H14F3NO5S. The Bertz CT molecular complexity index is 953. The first-order valence-corrected chi connectivity index (χ1v) is 9.30. The molecule has 0 aliphatic carbocycles. The zero-order chi connectivity index (χ0) is 20.2. The van der Waals surface area contributed by atoms with Gasteiger partial charge in [-0.3, -0.25) is 4.79 Å². The maximum Gasteiger partial charge on any atom is 0.416 e. The molecule has 2 rings (SSSR count). The predicted octanol–water partition coefficient (Wildman–Crippen LogP) is 2.90. The first kappa shape index (κ1) is 20.4. The van der Waals surface area contributed by atoms with Crippen molar-refractivity contribution in [3.05, 3.63) is 59.7 Å². The molecule has 144 valence electrons. The normalized spacial score (nSPS) is 11.7. The Morgan fingerprint density at radius 2 is 1.70 bits per heavy atom. The first-order chi connectivity index (χ1) is 12.5. The number of halogens is 3. The number of sulfone groups is 1. The van der Waals surface area contributed by atoms with Crippen LogP contribution in [0.2, 0.25) is 0 Å². The predicted molar refractivity (Wildman–Crippen MR) is 89.9 cm³/mol. The summed E-state index contributed by atoms with van der Waals surface area (Å²) < 4.78 is 65.3. The second kappa shape index (κ2) is 7.78. The van der Waals surface area contributed by atoms with E-state index in [1.54, 1.807) is 0 Å². The second-order valence-electron chi connectivity index (χ2n) is 5.50. The fourth-order valence-corrected chi connectivity index (χ4v) is 2.65. The third kappa shape index (κ3) is 5.81. The largest absolute Gasteiger partial charge is 0.452 e. The quantitative estimate of drug-likeness (QED) is 0.779. The molecule has 0 fully saturated rings. The summed E-state index contributed by atoms with van der Waals surface area (Å²) in [7, 11) is -3.42. The summed E-state index contributed by atoms with van der Waals surface area (Å²) in [5, 5.41) is 2.19. The van der Waals surface area contributed by atoms with Crippen LogP contribution in [-0.4, -0.2) is 33.2 Å². The molecule has 27 heavy (non-hydrogen) atoms. The van der Waals surface area contributed by atoms with Crippen LogP contribution in [0.4, 0.5) is 18.9 Å². The van der Waals surface area contributed by atoms with Crippen molar-refractivity contribution in [3.63, 3.8) is 0 Å². The van der Waals surface area contributed by atoms with Crippen LogP contribution in [0.5, 0.6) is 0 Å². The van der Waals surface area contributed by atoms with Crippen molar-refractivity contribution < 1.29 is 35.9 Å². The molecule has 0 saturated heterocycles. The Balaban J connectivity index is 1.94. The molecule has 0 aliphatic heterocycles. The highest BCUT2D eigenvalue weighted by molar-refractivity contribution is 7.90. The number of nitrogens with one attached hydrogen (secondary N) is 1. The summed E-state index contributed by atoms with van der Waals surface area (Å²) in [6.45, 7) is -0.719. The molecule has 0 spiro atoms. The van der Waals surface area contributed by atoms with E-state index < -0.39 is 40.1 Å². The summed E-state index contributed by atoms with van der Waals surface area (Å²) in [6.07, 6.45) is -3.54. The maximum atomic E-state index is 12.6. The van der Waals surface area contributed by atoms with Crippen LogP contribution in [0.15, 0.2) is 53.4 Å². The summed E-state index contributed by atoms with van der Waals surface area (Å²) in [6, 6.07) is 8.89. The molecular weight excluding hydrogens is 387 g/mol. The molecule has 0 aliphatic rings. The lowest BCUT2D eigenvalue weighted by Gasteiger charge is -2.10. The number of hydrogen-bond acceptors (Lipinski definition) is 5. The minimum atomic E-state index is -4.55. The van der Waals surface area contributed by atoms with E-state index in [1.165, 1.54) is 30.3 Å². The monoisotopic (exact) mass is 401 g/mol. The fourth-order valence-electron chi connectivity index (χ4n) is 2.02. The summed E-state index contributed by atoms with van der Waals surface area (Å²) in [5.74, 6) is -1.70. The number of anilines is 1. The third-order valence-corrected chi connectivity index (χ3v) is 4.45. The summed E-state index contributed by atoms with van der Waals surface area (Å²) in [4.78, 5) is 23.6. The highest BCUT2D eigenvalue weighted by Crippen LogP contribution is 2.30. The Labute approximate surface area is 152 Å². The smallest absolute Gasteiger partial charge is 0.416 e. The van der Waals surface area contributed by atoms with E-state index >= 15 is 0 Å². The molecule has 10 heteroatoms. The summed E-state index contributed by atoms with van der Waals surface area (Å²) in [5.41, 5.74) is -0.999. The van der Waals surface area contributed by atoms with E-state index in [2.05, 4.69) is 5.32 Å². The van der Waals surface area contributed by atoms with Gasteiger partial charge in [0.25, 0.3) is 5.91 Å². The Hall–Kier alpha value is -2.88. The average Bonchev–Trinajstić information content (AvgIpc) is 2.58. The highest BCUT2D eigenvalue weighted by atomic mass is 32.2. The standard InChI is InChI=1S/C17H14F3NO5S/c1-27(24,25)14-7-5-11(6-8-14)16(23)26-10-15(22)21-13-4-2-3-12(9-13)17(18,19)20/h2-9H,10H2,1H3,(H,21,22). The van der Waals surface area contributed by atoms with Gasteiger partial charge in [0.2, 0.25) is 0 Å². The SMILES string of the molecule is CS(=O)(=O)c1ccc(C(=O)OCC(=O)Nc2cccc(C(F)(F)F)c2)cc1. The van der Waals surface area contributed by atoms with Gasteiger partial charge in [-0.1, -0.05) is 6.07 Å². The van der Waals surface area contributed by atoms with Crippen LogP contribution < -0.4 is 5.32 Å². The molecule has 1 N–H and O–H groups in total. The lowest BCUT2D eigenvalue weighted by atomic mass is 10.2. The first-order valence-electron chi connectivity index (χ1n) is 7.41. The van der Waals surface area contributed by atoms with Gasteiger partial charge in [0.15, 0.2) is 16.4 Å². The lowest BCUT2D eigenvalue weighted by molar-refractivity contribution is -0.137. The molecule has 0 bridgehead atoms. The number of benzene rings is 2. The number of carbonyl (C=O) groups is 2. The topological polar surface area (TPSA) is 89.5 Å². The van der Waals surface area contributed by atoms with Crippen molar-refractivity contribution in [2.24, 2.45) is 0 Å². The Morgan fingerprint density at radius 3 is 2.26 bits per heavy atom. The van der Waals surface area contributed by atoms with Crippen molar-refractivity contribution in [2.75, 3.05) is 18.2 Å². The Kier molecular flexibility index (Phi) is 5.89. The molecule has 0 heterocycles. The van der Waals surface area contributed by atoms with Crippen LogP contribution in [0.25, 0.3) is 0 Å². The van der Waals surface area contributed by atoms with Gasteiger partial charge >= 0.3 is 12.1 Å². The number of hydrogen-bond donors (Lipinski definition) is 1. The van der Waals surface area contributed by atoms with Gasteiger partial charge in [0, 0.05) is 11.9 Å². The number of ether oxygens (including phenoxy) is 1.